The van der Waals surface area contributed by atoms with Crippen molar-refractivity contribution in [3.05, 3.63) is 0 Å². The number of hydrogen-bond donors (Lipinski definition) is 1. The lowest BCUT2D eigenvalue weighted by Gasteiger charge is -2.24. The zero-order valence-electron chi connectivity index (χ0n) is 10.9. The van der Waals surface area contributed by atoms with E-state index in [0.29, 0.717) is 32.0 Å². The Bertz CT molecular complexity index is 184. The number of methoxy groups -OCH3 is 1. The van der Waals surface area contributed by atoms with Gasteiger partial charge in [-0.1, -0.05) is 13.8 Å². The molecular formula is C12H26N2O2. The summed E-state index contributed by atoms with van der Waals surface area (Å²) in [5, 5.41) is 0. The van der Waals surface area contributed by atoms with Crippen LogP contribution in [0.25, 0.3) is 0 Å². The summed E-state index contributed by atoms with van der Waals surface area (Å²) in [4.78, 5) is 13.8. The molecule has 0 spiro atoms. The van der Waals surface area contributed by atoms with Gasteiger partial charge in [-0.2, -0.15) is 0 Å². The van der Waals surface area contributed by atoms with Crippen LogP contribution in [0.15, 0.2) is 0 Å². The molecule has 1 amide bonds. The summed E-state index contributed by atoms with van der Waals surface area (Å²) in [5.74, 6) is 0.717. The minimum absolute atomic E-state index is 0.221. The van der Waals surface area contributed by atoms with E-state index in [1.807, 2.05) is 4.90 Å². The Morgan fingerprint density at radius 2 is 2.06 bits per heavy atom. The number of nitrogens with zero attached hydrogens (tertiary/aromatic N) is 1. The van der Waals surface area contributed by atoms with Crippen molar-refractivity contribution in [2.24, 2.45) is 11.7 Å². The highest BCUT2D eigenvalue weighted by atomic mass is 16.5. The summed E-state index contributed by atoms with van der Waals surface area (Å²) in [6.45, 7) is 7.01. The number of amides is 1. The van der Waals surface area contributed by atoms with Crippen LogP contribution in [0, 0.1) is 5.92 Å². The van der Waals surface area contributed by atoms with E-state index in [0.717, 1.165) is 19.4 Å². The molecule has 0 aliphatic rings. The van der Waals surface area contributed by atoms with Crippen molar-refractivity contribution < 1.29 is 9.53 Å². The number of hydrogen-bond acceptors (Lipinski definition) is 3. The molecule has 0 aliphatic heterocycles. The second-order valence-electron chi connectivity index (χ2n) is 4.47. The van der Waals surface area contributed by atoms with Crippen LogP contribution >= 0.6 is 0 Å². The quantitative estimate of drug-likeness (QED) is 0.606. The van der Waals surface area contributed by atoms with Crippen LogP contribution in [0.5, 0.6) is 0 Å². The van der Waals surface area contributed by atoms with Crippen molar-refractivity contribution in [1.82, 2.24) is 4.90 Å². The van der Waals surface area contributed by atoms with Gasteiger partial charge in [-0.15, -0.1) is 0 Å². The predicted molar refractivity (Wildman–Crippen MR) is 66.2 cm³/mol. The van der Waals surface area contributed by atoms with E-state index in [-0.39, 0.29) is 5.91 Å². The van der Waals surface area contributed by atoms with Gasteiger partial charge in [0, 0.05) is 26.6 Å². The summed E-state index contributed by atoms with van der Waals surface area (Å²) >= 11 is 0. The second kappa shape index (κ2) is 9.60. The number of nitrogens with two attached hydrogens (primary N) is 1. The smallest absolute Gasteiger partial charge is 0.222 e. The zero-order chi connectivity index (χ0) is 12.4. The summed E-state index contributed by atoms with van der Waals surface area (Å²) in [6, 6.07) is 0. The zero-order valence-corrected chi connectivity index (χ0v) is 10.9. The molecule has 96 valence electrons. The van der Waals surface area contributed by atoms with Crippen LogP contribution in [0.1, 0.15) is 33.1 Å². The highest BCUT2D eigenvalue weighted by molar-refractivity contribution is 5.76. The normalized spacial score (nSPS) is 10.8. The van der Waals surface area contributed by atoms with Crippen molar-refractivity contribution in [2.45, 2.75) is 33.1 Å². The van der Waals surface area contributed by atoms with Gasteiger partial charge in [0.25, 0.3) is 0 Å². The molecule has 0 unspecified atom stereocenters. The van der Waals surface area contributed by atoms with E-state index in [1.54, 1.807) is 7.11 Å². The molecule has 0 aromatic rings. The highest BCUT2D eigenvalue weighted by Crippen LogP contribution is 2.04. The van der Waals surface area contributed by atoms with E-state index in [4.69, 9.17) is 10.5 Å². The number of ether oxygens (including phenoxy) is 1. The third-order valence-electron chi connectivity index (χ3n) is 2.35. The molecule has 0 radical (unpaired) electrons. The van der Waals surface area contributed by atoms with Crippen molar-refractivity contribution >= 4 is 5.91 Å². The molecule has 16 heavy (non-hydrogen) atoms. The molecule has 0 bridgehead atoms. The number of unbranched alkanes of at least 4 members (excludes halogenated alkanes) is 1. The van der Waals surface area contributed by atoms with Gasteiger partial charge in [0.05, 0.1) is 6.61 Å². The fourth-order valence-corrected chi connectivity index (χ4v) is 1.54. The van der Waals surface area contributed by atoms with E-state index in [1.165, 1.54) is 0 Å². The third kappa shape index (κ3) is 7.65. The van der Waals surface area contributed by atoms with Crippen molar-refractivity contribution in [1.29, 1.82) is 0 Å². The van der Waals surface area contributed by atoms with Gasteiger partial charge in [0.2, 0.25) is 5.91 Å². The Morgan fingerprint density at radius 1 is 1.38 bits per heavy atom. The highest BCUT2D eigenvalue weighted by Gasteiger charge is 2.13. The fraction of sp³-hybridized carbons (Fsp3) is 0.917. The van der Waals surface area contributed by atoms with Gasteiger partial charge in [-0.05, 0) is 25.3 Å². The van der Waals surface area contributed by atoms with Gasteiger partial charge in [-0.25, -0.2) is 0 Å². The number of carbonyl (C=O) groups excluding carboxylic acids is 1. The van der Waals surface area contributed by atoms with Crippen LogP contribution in [-0.4, -0.2) is 44.2 Å². The van der Waals surface area contributed by atoms with Gasteiger partial charge in [0.1, 0.15) is 0 Å². The molecule has 0 aliphatic carbocycles. The first-order chi connectivity index (χ1) is 7.61. The monoisotopic (exact) mass is 230 g/mol. The summed E-state index contributed by atoms with van der Waals surface area (Å²) in [6.07, 6.45) is 2.41. The molecule has 2 N–H and O–H groups in total. The van der Waals surface area contributed by atoms with Crippen LogP contribution in [0.3, 0.4) is 0 Å². The summed E-state index contributed by atoms with van der Waals surface area (Å²) < 4.78 is 5.02. The SMILES string of the molecule is COCCN(CC(C)C)C(=O)CCCCN. The van der Waals surface area contributed by atoms with Gasteiger partial charge in [-0.3, -0.25) is 4.79 Å². The molecular weight excluding hydrogens is 204 g/mol. The summed E-state index contributed by atoms with van der Waals surface area (Å²) in [7, 11) is 1.66. The van der Waals surface area contributed by atoms with E-state index < -0.39 is 0 Å². The maximum atomic E-state index is 11.9. The lowest BCUT2D eigenvalue weighted by atomic mass is 10.1. The standard InChI is InChI=1S/C12H26N2O2/c1-11(2)10-14(8-9-16-3)12(15)6-4-5-7-13/h11H,4-10,13H2,1-3H3. The topological polar surface area (TPSA) is 55.6 Å². The average molecular weight is 230 g/mol. The van der Waals surface area contributed by atoms with E-state index in [9.17, 15) is 4.79 Å². The molecule has 0 rings (SSSR count). The molecule has 0 heterocycles. The first kappa shape index (κ1) is 15.4. The Morgan fingerprint density at radius 3 is 2.56 bits per heavy atom. The molecule has 0 aromatic carbocycles. The first-order valence-corrected chi connectivity index (χ1v) is 6.08. The molecule has 0 aromatic heterocycles. The van der Waals surface area contributed by atoms with Gasteiger partial charge in [0.15, 0.2) is 0 Å². The Hall–Kier alpha value is -0.610. The van der Waals surface area contributed by atoms with Crippen LogP contribution in [0.2, 0.25) is 0 Å². The molecule has 0 saturated heterocycles. The number of rotatable bonds is 9. The minimum atomic E-state index is 0.221. The van der Waals surface area contributed by atoms with Crippen molar-refractivity contribution in [2.75, 3.05) is 33.4 Å². The Kier molecular flexibility index (Phi) is 9.24. The lowest BCUT2D eigenvalue weighted by Crippen LogP contribution is -2.36. The van der Waals surface area contributed by atoms with Gasteiger partial charge >= 0.3 is 0 Å². The molecule has 4 heteroatoms. The Labute approximate surface area is 99.1 Å². The first-order valence-electron chi connectivity index (χ1n) is 6.08. The van der Waals surface area contributed by atoms with Gasteiger partial charge < -0.3 is 15.4 Å². The number of carbonyl (C=O) groups is 1. The van der Waals surface area contributed by atoms with Crippen LogP contribution < -0.4 is 5.73 Å². The molecule has 0 atom stereocenters. The summed E-state index contributed by atoms with van der Waals surface area (Å²) in [5.41, 5.74) is 5.41. The fourth-order valence-electron chi connectivity index (χ4n) is 1.54. The largest absolute Gasteiger partial charge is 0.383 e. The molecule has 0 fully saturated rings. The average Bonchev–Trinajstić information content (AvgIpc) is 2.23. The maximum absolute atomic E-state index is 11.9. The van der Waals surface area contributed by atoms with Crippen molar-refractivity contribution in [3.63, 3.8) is 0 Å². The molecule has 0 saturated carbocycles. The van der Waals surface area contributed by atoms with E-state index in [2.05, 4.69) is 13.8 Å². The predicted octanol–water partition coefficient (Wildman–Crippen LogP) is 1.25. The third-order valence-corrected chi connectivity index (χ3v) is 2.35. The minimum Gasteiger partial charge on any atom is -0.383 e. The maximum Gasteiger partial charge on any atom is 0.222 e. The second-order valence-corrected chi connectivity index (χ2v) is 4.47. The van der Waals surface area contributed by atoms with Crippen LogP contribution in [0.4, 0.5) is 0 Å². The lowest BCUT2D eigenvalue weighted by molar-refractivity contribution is -0.132. The van der Waals surface area contributed by atoms with Crippen LogP contribution in [-0.2, 0) is 9.53 Å². The Balaban J connectivity index is 3.99. The van der Waals surface area contributed by atoms with E-state index >= 15 is 0 Å². The molecule has 4 nitrogen and oxygen atoms in total. The van der Waals surface area contributed by atoms with Crippen molar-refractivity contribution in [3.8, 4) is 0 Å².